The number of fused-ring (bicyclic) bond motifs is 1. The first-order chi connectivity index (χ1) is 20.6. The van der Waals surface area contributed by atoms with Gasteiger partial charge in [0.05, 0.1) is 19.3 Å². The molecule has 10 nitrogen and oxygen atoms in total. The maximum atomic E-state index is 14.7. The summed E-state index contributed by atoms with van der Waals surface area (Å²) < 4.78 is 19.0. The third-order valence-corrected chi connectivity index (χ3v) is 9.10. The molecule has 3 heterocycles. The van der Waals surface area contributed by atoms with E-state index in [2.05, 4.69) is 39.6 Å². The summed E-state index contributed by atoms with van der Waals surface area (Å²) >= 11 is 0. The van der Waals surface area contributed by atoms with Gasteiger partial charge in [0.25, 0.3) is 0 Å². The first kappa shape index (κ1) is 31.1. The lowest BCUT2D eigenvalue weighted by Gasteiger charge is -2.46. The Hall–Kier alpha value is -3.38. The largest absolute Gasteiger partial charge is 0.480 e. The van der Waals surface area contributed by atoms with Gasteiger partial charge in [0, 0.05) is 62.1 Å². The van der Waals surface area contributed by atoms with Crippen molar-refractivity contribution in [1.29, 1.82) is 0 Å². The summed E-state index contributed by atoms with van der Waals surface area (Å²) in [5.74, 6) is -2.36. The molecule has 3 aliphatic heterocycles. The number of anilines is 1. The van der Waals surface area contributed by atoms with Crippen LogP contribution in [0, 0.1) is 5.82 Å². The zero-order chi connectivity index (χ0) is 30.7. The van der Waals surface area contributed by atoms with Crippen molar-refractivity contribution in [2.75, 3.05) is 57.8 Å². The lowest BCUT2D eigenvalue weighted by molar-refractivity contribution is -0.143. The number of benzene rings is 2. The van der Waals surface area contributed by atoms with Crippen molar-refractivity contribution in [3.8, 4) is 0 Å². The zero-order valence-corrected chi connectivity index (χ0v) is 25.1. The number of hydrogen-bond acceptors (Lipinski definition) is 8. The average molecular weight is 596 g/mol. The van der Waals surface area contributed by atoms with Crippen LogP contribution in [0.2, 0.25) is 0 Å². The number of ketones is 1. The van der Waals surface area contributed by atoms with Crippen molar-refractivity contribution >= 4 is 23.3 Å². The summed E-state index contributed by atoms with van der Waals surface area (Å²) in [5.41, 5.74) is 1.48. The summed E-state index contributed by atoms with van der Waals surface area (Å²) in [6.07, 6.45) is 0.554. The Morgan fingerprint density at radius 1 is 1.16 bits per heavy atom. The first-order valence-corrected chi connectivity index (χ1v) is 15.1. The predicted molar refractivity (Wildman–Crippen MR) is 161 cm³/mol. The number of nitrogens with zero attached hydrogens (tertiary/aromatic N) is 2. The van der Waals surface area contributed by atoms with Gasteiger partial charge in [0.1, 0.15) is 12.4 Å². The topological polar surface area (TPSA) is 123 Å². The van der Waals surface area contributed by atoms with Crippen LogP contribution in [0.1, 0.15) is 37.5 Å². The molecule has 5 atom stereocenters. The zero-order valence-electron chi connectivity index (χ0n) is 25.1. The van der Waals surface area contributed by atoms with E-state index < -0.39 is 29.9 Å². The SMILES string of the molecule is CC(C(=O)C1(C(=O)NCC(=O)O)CNc2cc(Cc3ccc(F)cc3)ccc21)N1C[C@@H](C)NC[C@@H]1CN1CCOC[C@H]1C. The van der Waals surface area contributed by atoms with Crippen LogP contribution in [0.5, 0.6) is 0 Å². The van der Waals surface area contributed by atoms with Crippen molar-refractivity contribution in [2.45, 2.75) is 56.8 Å². The second kappa shape index (κ2) is 13.1. The van der Waals surface area contributed by atoms with E-state index in [0.717, 1.165) is 24.2 Å². The Morgan fingerprint density at radius 2 is 1.91 bits per heavy atom. The highest BCUT2D eigenvalue weighted by Crippen LogP contribution is 2.40. The van der Waals surface area contributed by atoms with Crippen molar-refractivity contribution in [1.82, 2.24) is 20.4 Å². The molecule has 0 aliphatic carbocycles. The van der Waals surface area contributed by atoms with Crippen molar-refractivity contribution in [3.05, 3.63) is 65.0 Å². The Balaban J connectivity index is 1.44. The molecule has 0 saturated carbocycles. The lowest BCUT2D eigenvalue weighted by atomic mass is 9.74. The fourth-order valence-corrected chi connectivity index (χ4v) is 6.66. The molecule has 3 aliphatic rings. The molecule has 0 radical (unpaired) electrons. The predicted octanol–water partition coefficient (Wildman–Crippen LogP) is 1.62. The average Bonchev–Trinajstić information content (AvgIpc) is 3.38. The second-order valence-electron chi connectivity index (χ2n) is 12.1. The summed E-state index contributed by atoms with van der Waals surface area (Å²) in [4.78, 5) is 44.5. The summed E-state index contributed by atoms with van der Waals surface area (Å²) in [5, 5.41) is 18.6. The van der Waals surface area contributed by atoms with Gasteiger partial charge in [-0.1, -0.05) is 24.3 Å². The van der Waals surface area contributed by atoms with Gasteiger partial charge in [0.15, 0.2) is 11.2 Å². The number of carbonyl (C=O) groups excluding carboxylic acids is 2. The normalized spacial score (nSPS) is 26.7. The number of amides is 1. The molecule has 0 bridgehead atoms. The maximum Gasteiger partial charge on any atom is 0.322 e. The van der Waals surface area contributed by atoms with E-state index in [-0.39, 0.29) is 36.3 Å². The van der Waals surface area contributed by atoms with Crippen molar-refractivity contribution < 1.29 is 28.6 Å². The number of Topliss-reactive ketones (excluding diaryl/α,β-unsaturated/α-hetero) is 1. The highest BCUT2D eigenvalue weighted by Gasteiger charge is 2.54. The summed E-state index contributed by atoms with van der Waals surface area (Å²) in [7, 11) is 0. The molecular weight excluding hydrogens is 553 g/mol. The molecule has 5 rings (SSSR count). The molecule has 2 saturated heterocycles. The molecule has 2 aromatic rings. The molecule has 2 unspecified atom stereocenters. The minimum atomic E-state index is -1.59. The van der Waals surface area contributed by atoms with E-state index in [1.807, 2.05) is 19.1 Å². The van der Waals surface area contributed by atoms with Gasteiger partial charge in [-0.15, -0.1) is 0 Å². The van der Waals surface area contributed by atoms with E-state index in [1.54, 1.807) is 18.2 Å². The number of rotatable bonds is 10. The Bertz CT molecular complexity index is 1340. The van der Waals surface area contributed by atoms with E-state index in [1.165, 1.54) is 12.1 Å². The Kier molecular flexibility index (Phi) is 9.45. The molecule has 2 fully saturated rings. The number of piperazine rings is 1. The number of hydrogen-bond donors (Lipinski definition) is 4. The molecular formula is C32H42FN5O5. The van der Waals surface area contributed by atoms with Gasteiger partial charge in [-0.3, -0.25) is 24.2 Å². The molecule has 1 amide bonds. The Labute approximate surface area is 251 Å². The molecule has 2 aromatic carbocycles. The van der Waals surface area contributed by atoms with E-state index in [4.69, 9.17) is 4.74 Å². The van der Waals surface area contributed by atoms with Gasteiger partial charge in [0.2, 0.25) is 5.91 Å². The number of aliphatic carboxylic acids is 1. The molecule has 4 N–H and O–H groups in total. The number of carboxylic acid groups (broad SMARTS) is 1. The van der Waals surface area contributed by atoms with Gasteiger partial charge in [-0.25, -0.2) is 4.39 Å². The second-order valence-corrected chi connectivity index (χ2v) is 12.1. The third kappa shape index (κ3) is 6.59. The molecule has 232 valence electrons. The van der Waals surface area contributed by atoms with Crippen LogP contribution in [-0.2, 0) is 31.0 Å². The van der Waals surface area contributed by atoms with Crippen molar-refractivity contribution in [3.63, 3.8) is 0 Å². The highest BCUT2D eigenvalue weighted by molar-refractivity contribution is 6.16. The number of ether oxygens (including phenoxy) is 1. The van der Waals surface area contributed by atoms with Crippen LogP contribution < -0.4 is 16.0 Å². The minimum Gasteiger partial charge on any atom is -0.480 e. The highest BCUT2D eigenvalue weighted by atomic mass is 19.1. The van der Waals surface area contributed by atoms with Crippen molar-refractivity contribution in [2.24, 2.45) is 0 Å². The summed E-state index contributed by atoms with van der Waals surface area (Å²) in [6.45, 7) is 9.83. The number of morpholine rings is 1. The third-order valence-electron chi connectivity index (χ3n) is 9.10. The van der Waals surface area contributed by atoms with Crippen LogP contribution in [0.4, 0.5) is 10.1 Å². The van der Waals surface area contributed by atoms with Gasteiger partial charge >= 0.3 is 5.97 Å². The van der Waals surface area contributed by atoms with Crippen LogP contribution in [-0.4, -0.2) is 109 Å². The van der Waals surface area contributed by atoms with Gasteiger partial charge in [-0.05, 0) is 56.5 Å². The fourth-order valence-electron chi connectivity index (χ4n) is 6.66. The molecule has 11 heteroatoms. The maximum absolute atomic E-state index is 14.7. The first-order valence-electron chi connectivity index (χ1n) is 15.1. The molecule has 0 spiro atoms. The van der Waals surface area contributed by atoms with Gasteiger partial charge < -0.3 is 25.8 Å². The number of halogens is 1. The molecule has 0 aromatic heterocycles. The summed E-state index contributed by atoms with van der Waals surface area (Å²) in [6, 6.07) is 11.8. The number of carbonyl (C=O) groups is 3. The number of nitrogens with one attached hydrogen (secondary N) is 3. The Morgan fingerprint density at radius 3 is 2.63 bits per heavy atom. The van der Waals surface area contributed by atoms with E-state index in [9.17, 15) is 23.9 Å². The smallest absolute Gasteiger partial charge is 0.322 e. The van der Waals surface area contributed by atoms with Gasteiger partial charge in [-0.2, -0.15) is 0 Å². The minimum absolute atomic E-state index is 0.0315. The fraction of sp³-hybridized carbons (Fsp3) is 0.531. The van der Waals surface area contributed by atoms with Crippen LogP contribution in [0.25, 0.3) is 0 Å². The van der Waals surface area contributed by atoms with Crippen LogP contribution >= 0.6 is 0 Å². The number of carboxylic acids is 1. The van der Waals surface area contributed by atoms with E-state index >= 15 is 0 Å². The van der Waals surface area contributed by atoms with Crippen LogP contribution in [0.3, 0.4) is 0 Å². The standard InChI is InChI=1S/C32H42FN5O5/c1-20-16-38(26(14-34-20)17-37-10-11-43-18-21(37)2)22(3)30(41)32(31(42)35-15-29(39)40)19-36-28-13-24(6-9-27(28)32)12-23-4-7-25(33)8-5-23/h4-9,13,20-22,26,34,36H,10-12,14-19H2,1-3H3,(H,35,42)(H,39,40)/t20-,21-,22?,26-,32?/m1/s1. The quantitative estimate of drug-likeness (QED) is 0.304. The monoisotopic (exact) mass is 595 g/mol. The van der Waals surface area contributed by atoms with E-state index in [0.29, 0.717) is 44.0 Å². The lowest BCUT2D eigenvalue weighted by Crippen LogP contribution is -2.66. The van der Waals surface area contributed by atoms with Crippen LogP contribution in [0.15, 0.2) is 42.5 Å². The molecule has 43 heavy (non-hydrogen) atoms.